The molecule has 0 aromatic carbocycles. The molecule has 2 aromatic rings. The molecule has 3 rings (SSSR count). The highest BCUT2D eigenvalue weighted by atomic mass is 32.1. The maximum atomic E-state index is 11.3. The average molecular weight is 265 g/mol. The lowest BCUT2D eigenvalue weighted by Gasteiger charge is -2.42. The molecule has 0 amide bonds. The topological polar surface area (TPSA) is 46.8 Å². The van der Waals surface area contributed by atoms with Gasteiger partial charge in [0.15, 0.2) is 17.1 Å². The molecule has 1 saturated heterocycles. The molecule has 0 saturated carbocycles. The van der Waals surface area contributed by atoms with Crippen LogP contribution < -0.4 is 4.90 Å². The van der Waals surface area contributed by atoms with E-state index in [-0.39, 0.29) is 5.54 Å². The van der Waals surface area contributed by atoms with Crippen LogP contribution in [0.25, 0.3) is 4.96 Å². The zero-order valence-electron chi connectivity index (χ0n) is 10.4. The van der Waals surface area contributed by atoms with Gasteiger partial charge in [0, 0.05) is 18.1 Å². The van der Waals surface area contributed by atoms with Crippen molar-refractivity contribution in [1.29, 1.82) is 0 Å². The number of aldehydes is 1. The summed E-state index contributed by atoms with van der Waals surface area (Å²) in [5, 5.41) is 1.93. The SMILES string of the molecule is CC1(C)COCCN1c1nc2sccn2c1C=O. The van der Waals surface area contributed by atoms with Gasteiger partial charge in [-0.05, 0) is 13.8 Å². The Bertz CT molecular complexity index is 587. The van der Waals surface area contributed by atoms with Gasteiger partial charge < -0.3 is 9.64 Å². The van der Waals surface area contributed by atoms with Crippen LogP contribution in [0.5, 0.6) is 0 Å². The largest absolute Gasteiger partial charge is 0.377 e. The Hall–Kier alpha value is -1.40. The summed E-state index contributed by atoms with van der Waals surface area (Å²) in [6, 6.07) is 0. The Kier molecular flexibility index (Phi) is 2.64. The number of anilines is 1. The van der Waals surface area contributed by atoms with Crippen molar-refractivity contribution < 1.29 is 9.53 Å². The summed E-state index contributed by atoms with van der Waals surface area (Å²) < 4.78 is 7.35. The molecule has 0 spiro atoms. The number of aromatic nitrogens is 2. The summed E-state index contributed by atoms with van der Waals surface area (Å²) in [6.07, 6.45) is 2.77. The van der Waals surface area contributed by atoms with Gasteiger partial charge in [-0.25, -0.2) is 4.98 Å². The van der Waals surface area contributed by atoms with Crippen LogP contribution in [0.15, 0.2) is 11.6 Å². The van der Waals surface area contributed by atoms with Gasteiger partial charge in [-0.2, -0.15) is 0 Å². The number of rotatable bonds is 2. The number of carbonyl (C=O) groups excluding carboxylic acids is 1. The van der Waals surface area contributed by atoms with E-state index in [1.807, 2.05) is 16.0 Å². The van der Waals surface area contributed by atoms with Crippen molar-refractivity contribution in [3.05, 3.63) is 17.3 Å². The smallest absolute Gasteiger partial charge is 0.196 e. The first-order valence-electron chi connectivity index (χ1n) is 5.89. The zero-order valence-corrected chi connectivity index (χ0v) is 11.2. The fourth-order valence-corrected chi connectivity index (χ4v) is 3.07. The predicted molar refractivity (Wildman–Crippen MR) is 70.7 cm³/mol. The maximum Gasteiger partial charge on any atom is 0.196 e. The lowest BCUT2D eigenvalue weighted by atomic mass is 10.0. The van der Waals surface area contributed by atoms with Gasteiger partial charge in [0.05, 0.1) is 18.8 Å². The molecule has 96 valence electrons. The fourth-order valence-electron chi connectivity index (χ4n) is 2.35. The van der Waals surface area contributed by atoms with E-state index in [4.69, 9.17) is 4.74 Å². The zero-order chi connectivity index (χ0) is 12.8. The van der Waals surface area contributed by atoms with Crippen molar-refractivity contribution in [2.75, 3.05) is 24.7 Å². The molecular weight excluding hydrogens is 250 g/mol. The summed E-state index contributed by atoms with van der Waals surface area (Å²) in [5.74, 6) is 0.769. The Balaban J connectivity index is 2.12. The number of nitrogens with zero attached hydrogens (tertiary/aromatic N) is 3. The minimum Gasteiger partial charge on any atom is -0.377 e. The van der Waals surface area contributed by atoms with E-state index in [0.29, 0.717) is 18.9 Å². The molecule has 1 aliphatic rings. The summed E-state index contributed by atoms with van der Waals surface area (Å²) in [5.41, 5.74) is 0.487. The third-order valence-corrected chi connectivity index (χ3v) is 4.05. The molecule has 5 nitrogen and oxygen atoms in total. The monoisotopic (exact) mass is 265 g/mol. The minimum absolute atomic E-state index is 0.139. The van der Waals surface area contributed by atoms with E-state index in [2.05, 4.69) is 23.7 Å². The molecule has 1 aliphatic heterocycles. The normalized spacial score (nSPS) is 19.3. The van der Waals surface area contributed by atoms with Crippen LogP contribution >= 0.6 is 11.3 Å². The van der Waals surface area contributed by atoms with Crippen LogP contribution in [0.4, 0.5) is 5.82 Å². The Morgan fingerprint density at radius 3 is 3.11 bits per heavy atom. The molecule has 0 bridgehead atoms. The highest BCUT2D eigenvalue weighted by Crippen LogP contribution is 2.30. The summed E-state index contributed by atoms with van der Waals surface area (Å²) in [7, 11) is 0. The van der Waals surface area contributed by atoms with E-state index in [1.165, 1.54) is 11.3 Å². The quantitative estimate of drug-likeness (QED) is 0.777. The number of fused-ring (bicyclic) bond motifs is 1. The number of imidazole rings is 1. The standard InChI is InChI=1S/C12H15N3O2S/c1-12(2)8-17-5-3-15(12)10-9(7-16)14-4-6-18-11(14)13-10/h4,6-7H,3,5,8H2,1-2H3. The third kappa shape index (κ3) is 1.64. The first kappa shape index (κ1) is 11.7. The van der Waals surface area contributed by atoms with Gasteiger partial charge >= 0.3 is 0 Å². The van der Waals surface area contributed by atoms with E-state index >= 15 is 0 Å². The molecule has 0 aliphatic carbocycles. The second kappa shape index (κ2) is 4.07. The van der Waals surface area contributed by atoms with Crippen molar-refractivity contribution in [2.24, 2.45) is 0 Å². The van der Waals surface area contributed by atoms with Crippen LogP contribution in [0.1, 0.15) is 24.3 Å². The first-order valence-corrected chi connectivity index (χ1v) is 6.77. The molecular formula is C12H15N3O2S. The molecule has 0 N–H and O–H groups in total. The second-order valence-corrected chi connectivity index (χ2v) is 5.88. The molecule has 0 unspecified atom stereocenters. The molecule has 3 heterocycles. The lowest BCUT2D eigenvalue weighted by Crippen LogP contribution is -2.53. The maximum absolute atomic E-state index is 11.3. The van der Waals surface area contributed by atoms with Crippen LogP contribution in [-0.4, -0.2) is 41.0 Å². The number of ether oxygens (including phenoxy) is 1. The Labute approximate surface area is 109 Å². The second-order valence-electron chi connectivity index (χ2n) is 5.01. The molecule has 0 atom stereocenters. The molecule has 0 radical (unpaired) electrons. The molecule has 6 heteroatoms. The molecule has 18 heavy (non-hydrogen) atoms. The molecule has 2 aromatic heterocycles. The predicted octanol–water partition coefficient (Wildman–Crippen LogP) is 1.82. The number of carbonyl (C=O) groups is 1. The van der Waals surface area contributed by atoms with E-state index in [1.54, 1.807) is 0 Å². The number of hydrogen-bond donors (Lipinski definition) is 0. The summed E-state index contributed by atoms with van der Waals surface area (Å²) in [4.78, 5) is 18.9. The van der Waals surface area contributed by atoms with Gasteiger partial charge in [-0.15, -0.1) is 11.3 Å². The van der Waals surface area contributed by atoms with Gasteiger partial charge in [0.2, 0.25) is 0 Å². The van der Waals surface area contributed by atoms with Gasteiger partial charge in [-0.3, -0.25) is 9.20 Å². The fraction of sp³-hybridized carbons (Fsp3) is 0.500. The van der Waals surface area contributed by atoms with Gasteiger partial charge in [0.25, 0.3) is 0 Å². The minimum atomic E-state index is -0.139. The van der Waals surface area contributed by atoms with Crippen LogP contribution in [0.2, 0.25) is 0 Å². The van der Waals surface area contributed by atoms with Gasteiger partial charge in [-0.1, -0.05) is 0 Å². The van der Waals surface area contributed by atoms with Crippen molar-refractivity contribution in [1.82, 2.24) is 9.38 Å². The Morgan fingerprint density at radius 1 is 1.56 bits per heavy atom. The van der Waals surface area contributed by atoms with Crippen LogP contribution in [0, 0.1) is 0 Å². The lowest BCUT2D eigenvalue weighted by molar-refractivity contribution is 0.0638. The highest BCUT2D eigenvalue weighted by Gasteiger charge is 2.34. The summed E-state index contributed by atoms with van der Waals surface area (Å²) in [6.45, 7) is 6.30. The van der Waals surface area contributed by atoms with Crippen molar-refractivity contribution >= 4 is 28.4 Å². The van der Waals surface area contributed by atoms with E-state index in [9.17, 15) is 4.79 Å². The third-order valence-electron chi connectivity index (χ3n) is 3.29. The van der Waals surface area contributed by atoms with Gasteiger partial charge in [0.1, 0.15) is 5.69 Å². The molecule has 1 fully saturated rings. The van der Waals surface area contributed by atoms with Crippen molar-refractivity contribution in [3.63, 3.8) is 0 Å². The number of thiazole rings is 1. The summed E-state index contributed by atoms with van der Waals surface area (Å²) >= 11 is 1.54. The number of hydrogen-bond acceptors (Lipinski definition) is 5. The highest BCUT2D eigenvalue weighted by molar-refractivity contribution is 7.15. The van der Waals surface area contributed by atoms with Crippen molar-refractivity contribution in [3.8, 4) is 0 Å². The van der Waals surface area contributed by atoms with Crippen LogP contribution in [0.3, 0.4) is 0 Å². The van der Waals surface area contributed by atoms with E-state index < -0.39 is 0 Å². The van der Waals surface area contributed by atoms with Crippen LogP contribution in [-0.2, 0) is 4.74 Å². The first-order chi connectivity index (χ1) is 8.63. The Morgan fingerprint density at radius 2 is 2.39 bits per heavy atom. The number of morpholine rings is 1. The van der Waals surface area contributed by atoms with E-state index in [0.717, 1.165) is 23.6 Å². The average Bonchev–Trinajstić information content (AvgIpc) is 2.87. The van der Waals surface area contributed by atoms with Crippen molar-refractivity contribution in [2.45, 2.75) is 19.4 Å².